The molecule has 2 aromatic heterocycles. The minimum Gasteiger partial charge on any atom is -0.441 e. The zero-order valence-electron chi connectivity index (χ0n) is 22.2. The molecule has 0 saturated heterocycles. The number of nitrogens with zero attached hydrogens (tertiary/aromatic N) is 3. The highest BCUT2D eigenvalue weighted by molar-refractivity contribution is 6.31. The Kier molecular flexibility index (Phi) is 7.78. The van der Waals surface area contributed by atoms with Crippen molar-refractivity contribution in [1.29, 1.82) is 0 Å². The number of fused-ring (bicyclic) bond motifs is 1. The summed E-state index contributed by atoms with van der Waals surface area (Å²) in [6.07, 6.45) is 0.824. The lowest BCUT2D eigenvalue weighted by molar-refractivity contribution is -0.122. The first-order valence-corrected chi connectivity index (χ1v) is 12.9. The fraction of sp³-hybridized carbons (Fsp3) is 0.357. The normalized spacial score (nSPS) is 11.6. The van der Waals surface area contributed by atoms with Gasteiger partial charge in [0.25, 0.3) is 5.56 Å². The first-order valence-electron chi connectivity index (χ1n) is 12.5. The van der Waals surface area contributed by atoms with Gasteiger partial charge in [-0.2, -0.15) is 0 Å². The van der Waals surface area contributed by atoms with Crippen molar-refractivity contribution >= 4 is 40.2 Å². The van der Waals surface area contributed by atoms with E-state index in [-0.39, 0.29) is 42.4 Å². The zero-order chi connectivity index (χ0) is 27.6. The Hall–Kier alpha value is -3.85. The number of aromatic nitrogens is 3. The molecule has 0 aliphatic rings. The van der Waals surface area contributed by atoms with Crippen LogP contribution < -0.4 is 16.2 Å². The first kappa shape index (κ1) is 27.2. The summed E-state index contributed by atoms with van der Waals surface area (Å²) in [7, 11) is 1.77. The molecule has 0 bridgehead atoms. The van der Waals surface area contributed by atoms with Crippen LogP contribution in [-0.4, -0.2) is 32.7 Å². The van der Waals surface area contributed by atoms with E-state index in [2.05, 4.69) is 15.6 Å². The van der Waals surface area contributed by atoms with E-state index in [9.17, 15) is 14.4 Å². The molecular formula is C28H32ClN5O4. The summed E-state index contributed by atoms with van der Waals surface area (Å²) in [4.78, 5) is 43.3. The number of anilines is 1. The monoisotopic (exact) mass is 537 g/mol. The minimum atomic E-state index is -0.562. The van der Waals surface area contributed by atoms with E-state index in [1.54, 1.807) is 30.8 Å². The van der Waals surface area contributed by atoms with E-state index in [0.29, 0.717) is 45.4 Å². The maximum Gasteiger partial charge on any atom is 0.295 e. The van der Waals surface area contributed by atoms with Crippen molar-refractivity contribution in [2.24, 2.45) is 12.5 Å². The fourth-order valence-corrected chi connectivity index (χ4v) is 4.59. The standard InChI is InChI=1S/C28H32ClN5O4/c1-6-24-32-26-18(12-19(29)14-21(26)38-24)13-22(35)30-16-28(3,4)15-23(36)31-25-17(2)33(5)34(27(25)37)20-10-8-7-9-11-20/h7-12,14H,6,13,15-16H2,1-5H3,(H,30,35)(H,31,36). The van der Waals surface area contributed by atoms with Crippen LogP contribution in [0.3, 0.4) is 0 Å². The quantitative estimate of drug-likeness (QED) is 0.325. The second-order valence-electron chi connectivity index (χ2n) is 10.2. The van der Waals surface area contributed by atoms with Gasteiger partial charge in [0, 0.05) is 37.5 Å². The number of amides is 2. The number of carbonyl (C=O) groups is 2. The molecule has 0 radical (unpaired) electrons. The van der Waals surface area contributed by atoms with Crippen molar-refractivity contribution in [3.8, 4) is 5.69 Å². The van der Waals surface area contributed by atoms with Gasteiger partial charge in [-0.15, -0.1) is 0 Å². The van der Waals surface area contributed by atoms with Crippen LogP contribution in [-0.2, 0) is 29.5 Å². The maximum absolute atomic E-state index is 13.1. The van der Waals surface area contributed by atoms with Crippen LogP contribution in [0.25, 0.3) is 16.8 Å². The van der Waals surface area contributed by atoms with Crippen molar-refractivity contribution in [3.05, 3.63) is 75.0 Å². The highest BCUT2D eigenvalue weighted by Crippen LogP contribution is 2.26. The molecule has 0 saturated carbocycles. The predicted octanol–water partition coefficient (Wildman–Crippen LogP) is 4.56. The van der Waals surface area contributed by atoms with Gasteiger partial charge >= 0.3 is 0 Å². The number of para-hydroxylation sites is 1. The molecule has 2 N–H and O–H groups in total. The first-order chi connectivity index (χ1) is 18.0. The summed E-state index contributed by atoms with van der Waals surface area (Å²) in [6, 6.07) is 12.6. The molecule has 0 aliphatic carbocycles. The van der Waals surface area contributed by atoms with Crippen LogP contribution in [0.1, 0.15) is 44.3 Å². The molecule has 2 aromatic carbocycles. The Balaban J connectivity index is 1.39. The van der Waals surface area contributed by atoms with Gasteiger partial charge < -0.3 is 15.1 Å². The average Bonchev–Trinajstić information content (AvgIpc) is 3.37. The van der Waals surface area contributed by atoms with Crippen LogP contribution in [0.4, 0.5) is 5.69 Å². The van der Waals surface area contributed by atoms with Gasteiger partial charge in [-0.25, -0.2) is 9.67 Å². The SMILES string of the molecule is CCc1nc2c(CC(=O)NCC(C)(C)CC(=O)Nc3c(C)n(C)n(-c4ccccc4)c3=O)cc(Cl)cc2o1. The average molecular weight is 538 g/mol. The molecule has 2 amide bonds. The summed E-state index contributed by atoms with van der Waals surface area (Å²) in [5, 5.41) is 6.17. The molecule has 4 aromatic rings. The number of carbonyl (C=O) groups excluding carboxylic acids is 2. The lowest BCUT2D eigenvalue weighted by atomic mass is 9.88. The summed E-state index contributed by atoms with van der Waals surface area (Å²) >= 11 is 6.21. The van der Waals surface area contributed by atoms with Gasteiger partial charge in [0.05, 0.1) is 17.8 Å². The Bertz CT molecular complexity index is 1550. The van der Waals surface area contributed by atoms with Gasteiger partial charge in [0.1, 0.15) is 11.2 Å². The Morgan fingerprint density at radius 1 is 1.13 bits per heavy atom. The third-order valence-electron chi connectivity index (χ3n) is 6.46. The molecule has 38 heavy (non-hydrogen) atoms. The van der Waals surface area contributed by atoms with E-state index < -0.39 is 5.41 Å². The second-order valence-corrected chi connectivity index (χ2v) is 10.6. The van der Waals surface area contributed by atoms with Crippen LogP contribution in [0.2, 0.25) is 5.02 Å². The molecule has 0 fully saturated rings. The summed E-state index contributed by atoms with van der Waals surface area (Å²) in [5.74, 6) is 0.0644. The maximum atomic E-state index is 13.1. The van der Waals surface area contributed by atoms with Crippen molar-refractivity contribution in [2.75, 3.05) is 11.9 Å². The van der Waals surface area contributed by atoms with Crippen molar-refractivity contribution in [2.45, 2.75) is 47.0 Å². The van der Waals surface area contributed by atoms with E-state index in [1.165, 1.54) is 4.68 Å². The minimum absolute atomic E-state index is 0.0806. The summed E-state index contributed by atoms with van der Waals surface area (Å²) in [5.41, 5.74) is 2.58. The Morgan fingerprint density at radius 2 is 1.84 bits per heavy atom. The molecule has 0 aliphatic heterocycles. The Labute approximate surface area is 225 Å². The van der Waals surface area contributed by atoms with Gasteiger partial charge in [0.2, 0.25) is 11.8 Å². The molecule has 9 nitrogen and oxygen atoms in total. The van der Waals surface area contributed by atoms with E-state index in [1.807, 2.05) is 51.1 Å². The van der Waals surface area contributed by atoms with Crippen molar-refractivity contribution < 1.29 is 14.0 Å². The van der Waals surface area contributed by atoms with Crippen LogP contribution in [0.15, 0.2) is 51.7 Å². The number of rotatable bonds is 9. The van der Waals surface area contributed by atoms with Crippen LogP contribution >= 0.6 is 11.6 Å². The van der Waals surface area contributed by atoms with E-state index >= 15 is 0 Å². The second kappa shape index (κ2) is 10.9. The molecule has 10 heteroatoms. The number of nitrogens with one attached hydrogen (secondary N) is 2. The van der Waals surface area contributed by atoms with Crippen molar-refractivity contribution in [1.82, 2.24) is 19.7 Å². The van der Waals surface area contributed by atoms with Gasteiger partial charge in [0.15, 0.2) is 11.5 Å². The van der Waals surface area contributed by atoms with Gasteiger partial charge in [-0.1, -0.05) is 50.6 Å². The number of hydrogen-bond donors (Lipinski definition) is 2. The van der Waals surface area contributed by atoms with Gasteiger partial charge in [-0.05, 0) is 36.1 Å². The third-order valence-corrected chi connectivity index (χ3v) is 6.68. The predicted molar refractivity (Wildman–Crippen MR) is 148 cm³/mol. The van der Waals surface area contributed by atoms with Gasteiger partial charge in [-0.3, -0.25) is 19.1 Å². The lowest BCUT2D eigenvalue weighted by Crippen LogP contribution is -2.37. The van der Waals surface area contributed by atoms with Crippen molar-refractivity contribution in [3.63, 3.8) is 0 Å². The summed E-state index contributed by atoms with van der Waals surface area (Å²) in [6.45, 7) is 7.76. The number of halogens is 1. The molecule has 4 rings (SSSR count). The number of hydrogen-bond acceptors (Lipinski definition) is 5. The topological polar surface area (TPSA) is 111 Å². The lowest BCUT2D eigenvalue weighted by Gasteiger charge is -2.24. The van der Waals surface area contributed by atoms with Crippen LogP contribution in [0, 0.1) is 12.3 Å². The molecule has 2 heterocycles. The number of oxazole rings is 1. The van der Waals surface area contributed by atoms with E-state index in [0.717, 1.165) is 0 Å². The largest absolute Gasteiger partial charge is 0.441 e. The Morgan fingerprint density at radius 3 is 2.53 bits per heavy atom. The fourth-order valence-electron chi connectivity index (χ4n) is 4.36. The molecule has 0 atom stereocenters. The van der Waals surface area contributed by atoms with E-state index in [4.69, 9.17) is 16.0 Å². The third kappa shape index (κ3) is 5.83. The van der Waals surface area contributed by atoms with Crippen LogP contribution in [0.5, 0.6) is 0 Å². The number of benzene rings is 2. The highest BCUT2D eigenvalue weighted by atomic mass is 35.5. The molecule has 200 valence electrons. The molecule has 0 unspecified atom stereocenters. The molecule has 0 spiro atoms. The highest BCUT2D eigenvalue weighted by Gasteiger charge is 2.25. The molecular weight excluding hydrogens is 506 g/mol. The smallest absolute Gasteiger partial charge is 0.295 e. The number of aryl methyl sites for hydroxylation is 1. The summed E-state index contributed by atoms with van der Waals surface area (Å²) < 4.78 is 8.91. The zero-order valence-corrected chi connectivity index (χ0v) is 23.0.